The van der Waals surface area contributed by atoms with Crippen LogP contribution in [-0.2, 0) is 9.47 Å². The number of anilines is 1. The van der Waals surface area contributed by atoms with Gasteiger partial charge in [0.05, 0.1) is 13.2 Å². The Morgan fingerprint density at radius 2 is 2.06 bits per heavy atom. The minimum Gasteiger partial charge on any atom is -0.358 e. The molecular formula is C10H15N3O2S. The van der Waals surface area contributed by atoms with Gasteiger partial charge >= 0.3 is 0 Å². The molecule has 1 aromatic heterocycles. The number of hydrogen-bond donors (Lipinski definition) is 1. The van der Waals surface area contributed by atoms with Crippen molar-refractivity contribution >= 4 is 16.7 Å². The first-order valence-corrected chi connectivity index (χ1v) is 6.45. The van der Waals surface area contributed by atoms with Crippen LogP contribution in [0.3, 0.4) is 0 Å². The first kappa shape index (κ1) is 10.4. The van der Waals surface area contributed by atoms with E-state index in [9.17, 15) is 0 Å². The highest BCUT2D eigenvalue weighted by atomic mass is 32.1. The molecule has 5 nitrogen and oxygen atoms in total. The van der Waals surface area contributed by atoms with Gasteiger partial charge < -0.3 is 14.8 Å². The summed E-state index contributed by atoms with van der Waals surface area (Å²) in [6.45, 7) is 1.49. The van der Waals surface area contributed by atoms with Crippen molar-refractivity contribution in [2.75, 3.05) is 18.5 Å². The molecule has 2 aliphatic rings. The van der Waals surface area contributed by atoms with Gasteiger partial charge in [-0.2, -0.15) is 4.37 Å². The van der Waals surface area contributed by atoms with Crippen molar-refractivity contribution in [2.24, 2.45) is 0 Å². The van der Waals surface area contributed by atoms with Crippen molar-refractivity contribution in [1.29, 1.82) is 0 Å². The molecule has 3 rings (SSSR count). The van der Waals surface area contributed by atoms with E-state index in [2.05, 4.69) is 14.7 Å². The summed E-state index contributed by atoms with van der Waals surface area (Å²) in [5.41, 5.74) is 0. The second-order valence-electron chi connectivity index (χ2n) is 4.27. The summed E-state index contributed by atoms with van der Waals surface area (Å²) in [5, 5.41) is 4.31. The number of aromatic nitrogens is 2. The van der Waals surface area contributed by atoms with Gasteiger partial charge in [0.15, 0.2) is 5.79 Å². The molecule has 1 N–H and O–H groups in total. The second kappa shape index (κ2) is 4.27. The van der Waals surface area contributed by atoms with Crippen molar-refractivity contribution < 1.29 is 9.47 Å². The van der Waals surface area contributed by atoms with E-state index < -0.39 is 0 Å². The summed E-state index contributed by atoms with van der Waals surface area (Å²) in [5.74, 6) is -0.265. The molecule has 2 fully saturated rings. The van der Waals surface area contributed by atoms with Gasteiger partial charge in [-0.3, -0.25) is 0 Å². The van der Waals surface area contributed by atoms with Gasteiger partial charge in [0.25, 0.3) is 0 Å². The third kappa shape index (κ3) is 2.05. The largest absolute Gasteiger partial charge is 0.358 e. The Kier molecular flexibility index (Phi) is 2.79. The molecule has 0 unspecified atom stereocenters. The van der Waals surface area contributed by atoms with E-state index in [1.165, 1.54) is 11.5 Å². The number of nitrogens with one attached hydrogen (secondary N) is 1. The highest BCUT2D eigenvalue weighted by molar-refractivity contribution is 7.09. The van der Waals surface area contributed by atoms with Crippen LogP contribution in [0.5, 0.6) is 0 Å². The smallest absolute Gasteiger partial charge is 0.202 e. The Hall–Kier alpha value is -0.720. The maximum atomic E-state index is 5.69. The molecule has 1 saturated carbocycles. The van der Waals surface area contributed by atoms with Gasteiger partial charge in [-0.05, 0) is 12.8 Å². The lowest BCUT2D eigenvalue weighted by Crippen LogP contribution is -2.39. The van der Waals surface area contributed by atoms with Gasteiger partial charge in [0.1, 0.15) is 6.33 Å². The average Bonchev–Trinajstić information content (AvgIpc) is 2.94. The Morgan fingerprint density at radius 3 is 2.69 bits per heavy atom. The normalized spacial score (nSPS) is 25.0. The van der Waals surface area contributed by atoms with Crippen molar-refractivity contribution in [1.82, 2.24) is 9.36 Å². The zero-order valence-electron chi connectivity index (χ0n) is 9.02. The SMILES string of the molecule is c1nsc(NC2CCC3(CC2)OCCO3)n1. The van der Waals surface area contributed by atoms with E-state index in [1.807, 2.05) is 0 Å². The molecular weight excluding hydrogens is 226 g/mol. The van der Waals surface area contributed by atoms with Crippen LogP contribution in [-0.4, -0.2) is 34.4 Å². The zero-order chi connectivity index (χ0) is 10.8. The fraction of sp³-hybridized carbons (Fsp3) is 0.800. The standard InChI is InChI=1S/C10H15N3O2S/c1-3-10(14-5-6-15-10)4-2-8(1)13-9-11-7-12-16-9/h7-8H,1-6H2,(H,11,12,13). The summed E-state index contributed by atoms with van der Waals surface area (Å²) < 4.78 is 15.4. The lowest BCUT2D eigenvalue weighted by atomic mass is 9.90. The number of ether oxygens (including phenoxy) is 2. The maximum absolute atomic E-state index is 5.69. The minimum absolute atomic E-state index is 0.265. The van der Waals surface area contributed by atoms with Gasteiger partial charge in [0, 0.05) is 30.4 Å². The van der Waals surface area contributed by atoms with Crippen molar-refractivity contribution in [3.05, 3.63) is 6.33 Å². The molecule has 1 saturated heterocycles. The first-order valence-electron chi connectivity index (χ1n) is 5.67. The van der Waals surface area contributed by atoms with Gasteiger partial charge in [-0.15, -0.1) is 0 Å². The molecule has 0 amide bonds. The third-order valence-corrected chi connectivity index (χ3v) is 3.85. The van der Waals surface area contributed by atoms with Crippen LogP contribution in [0.25, 0.3) is 0 Å². The highest BCUT2D eigenvalue weighted by Gasteiger charge is 2.40. The maximum Gasteiger partial charge on any atom is 0.202 e. The van der Waals surface area contributed by atoms with Crippen molar-refractivity contribution in [3.8, 4) is 0 Å². The topological polar surface area (TPSA) is 56.3 Å². The average molecular weight is 241 g/mol. The second-order valence-corrected chi connectivity index (χ2v) is 5.05. The molecule has 1 aliphatic carbocycles. The van der Waals surface area contributed by atoms with Crippen LogP contribution >= 0.6 is 11.5 Å². The monoisotopic (exact) mass is 241 g/mol. The summed E-state index contributed by atoms with van der Waals surface area (Å²) in [4.78, 5) is 4.13. The van der Waals surface area contributed by atoms with Gasteiger partial charge in [-0.1, -0.05) is 0 Å². The first-order chi connectivity index (χ1) is 7.86. The Labute approximate surface area is 98.3 Å². The molecule has 88 valence electrons. The van der Waals surface area contributed by atoms with E-state index in [1.54, 1.807) is 6.33 Å². The van der Waals surface area contributed by atoms with E-state index >= 15 is 0 Å². The molecule has 0 bridgehead atoms. The van der Waals surface area contributed by atoms with E-state index in [0.29, 0.717) is 6.04 Å². The number of rotatable bonds is 2. The molecule has 0 radical (unpaired) electrons. The Morgan fingerprint density at radius 1 is 1.31 bits per heavy atom. The fourth-order valence-corrected chi connectivity index (χ4v) is 2.91. The molecule has 16 heavy (non-hydrogen) atoms. The zero-order valence-corrected chi connectivity index (χ0v) is 9.83. The van der Waals surface area contributed by atoms with Crippen molar-refractivity contribution in [2.45, 2.75) is 37.5 Å². The highest BCUT2D eigenvalue weighted by Crippen LogP contribution is 2.36. The third-order valence-electron chi connectivity index (χ3n) is 3.25. The summed E-state index contributed by atoms with van der Waals surface area (Å²) >= 11 is 1.41. The van der Waals surface area contributed by atoms with E-state index in [0.717, 1.165) is 44.0 Å². The van der Waals surface area contributed by atoms with Crippen LogP contribution in [0.2, 0.25) is 0 Å². The summed E-state index contributed by atoms with van der Waals surface area (Å²) in [7, 11) is 0. The van der Waals surface area contributed by atoms with Crippen LogP contribution < -0.4 is 5.32 Å². The molecule has 6 heteroatoms. The van der Waals surface area contributed by atoms with Crippen LogP contribution in [0.4, 0.5) is 5.13 Å². The predicted molar refractivity (Wildman–Crippen MR) is 60.4 cm³/mol. The number of hydrogen-bond acceptors (Lipinski definition) is 6. The molecule has 0 aromatic carbocycles. The minimum atomic E-state index is -0.265. The van der Waals surface area contributed by atoms with E-state index in [4.69, 9.17) is 9.47 Å². The van der Waals surface area contributed by atoms with Gasteiger partial charge in [-0.25, -0.2) is 4.98 Å². The van der Waals surface area contributed by atoms with Gasteiger partial charge in [0.2, 0.25) is 5.13 Å². The predicted octanol–water partition coefficient (Wildman–Crippen LogP) is 1.64. The molecule has 1 aliphatic heterocycles. The fourth-order valence-electron chi connectivity index (χ4n) is 2.40. The number of nitrogens with zero attached hydrogens (tertiary/aromatic N) is 2. The molecule has 1 spiro atoms. The van der Waals surface area contributed by atoms with Crippen molar-refractivity contribution in [3.63, 3.8) is 0 Å². The van der Waals surface area contributed by atoms with Crippen LogP contribution in [0.15, 0.2) is 6.33 Å². The lowest BCUT2D eigenvalue weighted by Gasteiger charge is -2.35. The van der Waals surface area contributed by atoms with Crippen LogP contribution in [0.1, 0.15) is 25.7 Å². The van der Waals surface area contributed by atoms with Crippen LogP contribution in [0, 0.1) is 0 Å². The molecule has 0 atom stereocenters. The van der Waals surface area contributed by atoms with E-state index in [-0.39, 0.29) is 5.79 Å². The quantitative estimate of drug-likeness (QED) is 0.853. The Balaban J connectivity index is 1.54. The Bertz CT molecular complexity index is 328. The summed E-state index contributed by atoms with van der Waals surface area (Å²) in [6, 6.07) is 0.478. The summed E-state index contributed by atoms with van der Waals surface area (Å²) in [6.07, 6.45) is 5.67. The lowest BCUT2D eigenvalue weighted by molar-refractivity contribution is -0.177. The molecule has 1 aromatic rings. The molecule has 2 heterocycles.